The number of fused-ring (bicyclic) bond motifs is 1. The lowest BCUT2D eigenvalue weighted by Gasteiger charge is -2.26. The van der Waals surface area contributed by atoms with Crippen molar-refractivity contribution in [3.8, 4) is 11.8 Å². The molecule has 0 radical (unpaired) electrons. The predicted octanol–water partition coefficient (Wildman–Crippen LogP) is 3.99. The number of carbonyl (C=O) groups is 1. The van der Waals surface area contributed by atoms with Gasteiger partial charge in [0.1, 0.15) is 0 Å². The van der Waals surface area contributed by atoms with Crippen LogP contribution >= 0.6 is 0 Å². The van der Waals surface area contributed by atoms with Crippen LogP contribution in [0.3, 0.4) is 0 Å². The van der Waals surface area contributed by atoms with E-state index in [1.807, 2.05) is 13.8 Å². The number of rotatable bonds is 8. The van der Waals surface area contributed by atoms with Crippen molar-refractivity contribution in [3.63, 3.8) is 0 Å². The number of hydrogen-bond acceptors (Lipinski definition) is 3. The van der Waals surface area contributed by atoms with Crippen molar-refractivity contribution in [2.45, 2.75) is 65.4 Å². The molecule has 0 aromatic rings. The average Bonchev–Trinajstić information content (AvgIpc) is 3.12. The Labute approximate surface area is 147 Å². The molecule has 3 atom stereocenters. The molecule has 4 heteroatoms. The van der Waals surface area contributed by atoms with E-state index in [0.717, 1.165) is 38.7 Å². The molecule has 24 heavy (non-hydrogen) atoms. The van der Waals surface area contributed by atoms with Gasteiger partial charge in [-0.3, -0.25) is 0 Å². The molecule has 0 spiro atoms. The van der Waals surface area contributed by atoms with E-state index in [4.69, 9.17) is 9.47 Å². The van der Waals surface area contributed by atoms with Gasteiger partial charge in [0.2, 0.25) is 0 Å². The lowest BCUT2D eigenvalue weighted by molar-refractivity contribution is -0.0208. The summed E-state index contributed by atoms with van der Waals surface area (Å²) in [5, 5.41) is 2.84. The number of alkyl carbamates (subject to hydrolysis) is 1. The molecule has 2 unspecified atom stereocenters. The third kappa shape index (κ3) is 6.36. The first-order valence-corrected chi connectivity index (χ1v) is 9.39. The van der Waals surface area contributed by atoms with Crippen molar-refractivity contribution in [1.29, 1.82) is 0 Å². The fourth-order valence-electron chi connectivity index (χ4n) is 3.41. The molecule has 0 aliphatic heterocycles. The summed E-state index contributed by atoms with van der Waals surface area (Å²) in [5.74, 6) is 8.99. The van der Waals surface area contributed by atoms with Crippen LogP contribution in [0.2, 0.25) is 0 Å². The van der Waals surface area contributed by atoms with Crippen LogP contribution in [0, 0.1) is 35.5 Å². The van der Waals surface area contributed by atoms with Gasteiger partial charge in [-0.25, -0.2) is 4.79 Å². The lowest BCUT2D eigenvalue weighted by atomic mass is 10.1. The third-order valence-electron chi connectivity index (χ3n) is 5.09. The molecule has 1 fully saturated rings. The molecule has 2 aliphatic carbocycles. The highest BCUT2D eigenvalue weighted by molar-refractivity contribution is 5.67. The van der Waals surface area contributed by atoms with E-state index in [1.165, 1.54) is 0 Å². The molecule has 4 nitrogen and oxygen atoms in total. The summed E-state index contributed by atoms with van der Waals surface area (Å²) in [4.78, 5) is 11.9. The second kappa shape index (κ2) is 8.76. The molecule has 1 N–H and O–H groups in total. The van der Waals surface area contributed by atoms with Crippen molar-refractivity contribution in [3.05, 3.63) is 0 Å². The van der Waals surface area contributed by atoms with Crippen LogP contribution in [0.25, 0.3) is 0 Å². The predicted molar refractivity (Wildman–Crippen MR) is 95.6 cm³/mol. The number of hydrogen-bond donors (Lipinski definition) is 1. The van der Waals surface area contributed by atoms with Crippen molar-refractivity contribution in [2.75, 3.05) is 19.8 Å². The van der Waals surface area contributed by atoms with Crippen molar-refractivity contribution >= 4 is 6.09 Å². The monoisotopic (exact) mass is 335 g/mol. The van der Waals surface area contributed by atoms with Gasteiger partial charge in [-0.05, 0) is 56.8 Å². The first-order valence-electron chi connectivity index (χ1n) is 9.39. The Morgan fingerprint density at radius 3 is 2.42 bits per heavy atom. The summed E-state index contributed by atoms with van der Waals surface area (Å²) in [6.07, 6.45) is 5.00. The molecular formula is C20H33NO3. The summed E-state index contributed by atoms with van der Waals surface area (Å²) in [6.45, 7) is 10.1. The molecular weight excluding hydrogens is 302 g/mol. The van der Waals surface area contributed by atoms with Crippen LogP contribution in [-0.4, -0.2) is 31.5 Å². The van der Waals surface area contributed by atoms with Gasteiger partial charge in [0, 0.05) is 26.0 Å². The highest BCUT2D eigenvalue weighted by Crippen LogP contribution is 2.52. The average molecular weight is 335 g/mol. The van der Waals surface area contributed by atoms with Crippen LogP contribution in [0.5, 0.6) is 0 Å². The van der Waals surface area contributed by atoms with E-state index < -0.39 is 0 Å². The van der Waals surface area contributed by atoms with Gasteiger partial charge < -0.3 is 14.8 Å². The molecule has 2 rings (SSSR count). The Kier molecular flexibility index (Phi) is 6.98. The quantitative estimate of drug-likeness (QED) is 0.682. The molecule has 136 valence electrons. The van der Waals surface area contributed by atoms with Crippen molar-refractivity contribution < 1.29 is 14.3 Å². The summed E-state index contributed by atoms with van der Waals surface area (Å²) in [6, 6.07) is 0. The van der Waals surface area contributed by atoms with Gasteiger partial charge >= 0.3 is 6.09 Å². The van der Waals surface area contributed by atoms with Gasteiger partial charge in [-0.1, -0.05) is 13.8 Å². The minimum Gasteiger partial charge on any atom is -0.449 e. The maximum atomic E-state index is 11.9. The summed E-state index contributed by atoms with van der Waals surface area (Å²) in [5.41, 5.74) is -0.366. The highest BCUT2D eigenvalue weighted by Gasteiger charge is 2.49. The first-order chi connectivity index (χ1) is 11.4. The number of amides is 1. The number of carbonyl (C=O) groups excluding carboxylic acids is 1. The van der Waals surface area contributed by atoms with E-state index >= 15 is 0 Å². The summed E-state index contributed by atoms with van der Waals surface area (Å²) >= 11 is 0. The molecule has 2 aliphatic rings. The smallest absolute Gasteiger partial charge is 0.407 e. The maximum absolute atomic E-state index is 11.9. The molecule has 0 saturated heterocycles. The number of nitrogens with one attached hydrogen (secondary N) is 1. The Balaban J connectivity index is 1.60. The minimum atomic E-state index is -0.366. The Bertz CT molecular complexity index is 457. The van der Waals surface area contributed by atoms with E-state index in [1.54, 1.807) is 0 Å². The van der Waals surface area contributed by atoms with Crippen molar-refractivity contribution in [2.24, 2.45) is 23.7 Å². The Morgan fingerprint density at radius 1 is 1.21 bits per heavy atom. The zero-order valence-electron chi connectivity index (χ0n) is 15.7. The van der Waals surface area contributed by atoms with Crippen molar-refractivity contribution in [1.82, 2.24) is 5.32 Å². The normalized spacial score (nSPS) is 25.8. The van der Waals surface area contributed by atoms with Gasteiger partial charge in [-0.2, -0.15) is 0 Å². The topological polar surface area (TPSA) is 47.6 Å². The third-order valence-corrected chi connectivity index (χ3v) is 5.09. The fraction of sp³-hybridized carbons (Fsp3) is 0.850. The van der Waals surface area contributed by atoms with E-state index in [-0.39, 0.29) is 11.7 Å². The molecule has 1 saturated carbocycles. The van der Waals surface area contributed by atoms with E-state index in [9.17, 15) is 4.79 Å². The van der Waals surface area contributed by atoms with Crippen LogP contribution in [0.4, 0.5) is 4.79 Å². The molecule has 0 aromatic heterocycles. The minimum absolute atomic E-state index is 0.328. The molecule has 1 amide bonds. The van der Waals surface area contributed by atoms with Gasteiger partial charge in [-0.15, -0.1) is 11.8 Å². The van der Waals surface area contributed by atoms with Gasteiger partial charge in [0.05, 0.1) is 12.2 Å². The second-order valence-corrected chi connectivity index (χ2v) is 8.17. The SMILES string of the molecule is CC(C)CCOC(C)(C)CNC(=O)OCC1C2CCC#CCC[C@@H]21. The zero-order chi connectivity index (χ0) is 17.6. The van der Waals surface area contributed by atoms with E-state index in [2.05, 4.69) is 31.0 Å². The number of ether oxygens (including phenoxy) is 2. The zero-order valence-corrected chi connectivity index (χ0v) is 15.7. The van der Waals surface area contributed by atoms with Gasteiger partial charge in [0.15, 0.2) is 0 Å². The van der Waals surface area contributed by atoms with Crippen LogP contribution in [0.1, 0.15) is 59.8 Å². The standard InChI is InChI=1S/C20H33NO3/c1-15(2)11-12-24-20(3,4)14-21-19(22)23-13-18-16-9-7-5-6-8-10-17(16)18/h15-18H,7-14H2,1-4H3,(H,21,22)/t16-,17?,18?/m0/s1. The maximum Gasteiger partial charge on any atom is 0.407 e. The summed E-state index contributed by atoms with van der Waals surface area (Å²) in [7, 11) is 0. The largest absolute Gasteiger partial charge is 0.449 e. The van der Waals surface area contributed by atoms with Crippen LogP contribution in [-0.2, 0) is 9.47 Å². The molecule has 0 bridgehead atoms. The first kappa shape index (κ1) is 19.1. The second-order valence-electron chi connectivity index (χ2n) is 8.17. The van der Waals surface area contributed by atoms with Gasteiger partial charge in [0.25, 0.3) is 0 Å². The Hall–Kier alpha value is -1.21. The van der Waals surface area contributed by atoms with Crippen LogP contribution in [0.15, 0.2) is 0 Å². The molecule has 0 aromatic carbocycles. The highest BCUT2D eigenvalue weighted by atomic mass is 16.5. The van der Waals surface area contributed by atoms with Crippen LogP contribution < -0.4 is 5.32 Å². The fourth-order valence-corrected chi connectivity index (χ4v) is 3.41. The lowest BCUT2D eigenvalue weighted by Crippen LogP contribution is -2.41. The van der Waals surface area contributed by atoms with E-state index in [0.29, 0.717) is 36.8 Å². The Morgan fingerprint density at radius 2 is 1.83 bits per heavy atom. The molecule has 0 heterocycles. The summed E-state index contributed by atoms with van der Waals surface area (Å²) < 4.78 is 11.3.